The van der Waals surface area contributed by atoms with Crippen molar-refractivity contribution in [1.82, 2.24) is 5.32 Å². The van der Waals surface area contributed by atoms with Crippen LogP contribution in [0.25, 0.3) is 10.8 Å². The van der Waals surface area contributed by atoms with Crippen molar-refractivity contribution < 1.29 is 14.3 Å². The van der Waals surface area contributed by atoms with E-state index in [4.69, 9.17) is 9.47 Å². The Morgan fingerprint density at radius 3 is 2.44 bits per heavy atom. The maximum atomic E-state index is 12.1. The fourth-order valence-corrected chi connectivity index (χ4v) is 2.51. The average Bonchev–Trinajstić information content (AvgIpc) is 2.66. The van der Waals surface area contributed by atoms with Crippen molar-refractivity contribution in [3.8, 4) is 11.5 Å². The van der Waals surface area contributed by atoms with Crippen LogP contribution in [0.15, 0.2) is 66.7 Å². The van der Waals surface area contributed by atoms with Gasteiger partial charge < -0.3 is 20.1 Å². The number of rotatable bonds is 6. The first-order valence-corrected chi connectivity index (χ1v) is 8.06. The van der Waals surface area contributed by atoms with Crippen LogP contribution in [0.1, 0.15) is 0 Å². The van der Waals surface area contributed by atoms with Gasteiger partial charge in [0.1, 0.15) is 18.1 Å². The van der Waals surface area contributed by atoms with Crippen LogP contribution in [0.2, 0.25) is 0 Å². The van der Waals surface area contributed by atoms with E-state index in [-0.39, 0.29) is 6.03 Å². The summed E-state index contributed by atoms with van der Waals surface area (Å²) < 4.78 is 10.7. The maximum Gasteiger partial charge on any atom is 0.319 e. The number of ether oxygens (including phenoxy) is 2. The third kappa shape index (κ3) is 4.41. The molecule has 0 saturated carbocycles. The summed E-state index contributed by atoms with van der Waals surface area (Å²) in [6.45, 7) is 0.790. The summed E-state index contributed by atoms with van der Waals surface area (Å²) in [5, 5.41) is 7.76. The molecule has 3 rings (SSSR count). The molecule has 3 aromatic rings. The van der Waals surface area contributed by atoms with E-state index >= 15 is 0 Å². The summed E-state index contributed by atoms with van der Waals surface area (Å²) in [6, 6.07) is 20.8. The highest BCUT2D eigenvalue weighted by Gasteiger charge is 2.04. The smallest absolute Gasteiger partial charge is 0.319 e. The molecule has 128 valence electrons. The Morgan fingerprint density at radius 1 is 0.920 bits per heavy atom. The second-order valence-corrected chi connectivity index (χ2v) is 5.43. The second-order valence-electron chi connectivity index (χ2n) is 5.43. The number of nitrogens with one attached hydrogen (secondary N) is 2. The number of hydrogen-bond donors (Lipinski definition) is 2. The number of benzene rings is 3. The van der Waals surface area contributed by atoms with Gasteiger partial charge in [-0.05, 0) is 35.7 Å². The molecule has 5 nitrogen and oxygen atoms in total. The number of anilines is 1. The molecule has 2 amide bonds. The van der Waals surface area contributed by atoms with Gasteiger partial charge in [0, 0.05) is 5.39 Å². The average molecular weight is 336 g/mol. The van der Waals surface area contributed by atoms with Gasteiger partial charge in [-0.25, -0.2) is 4.79 Å². The number of carbonyl (C=O) groups is 1. The zero-order valence-corrected chi connectivity index (χ0v) is 14.0. The maximum absolute atomic E-state index is 12.1. The van der Waals surface area contributed by atoms with Gasteiger partial charge in [0.05, 0.1) is 19.3 Å². The number of carbonyl (C=O) groups excluding carboxylic acids is 1. The normalized spacial score (nSPS) is 10.3. The van der Waals surface area contributed by atoms with E-state index in [0.717, 1.165) is 28.0 Å². The molecule has 0 unspecified atom stereocenters. The molecule has 0 heterocycles. The van der Waals surface area contributed by atoms with Crippen molar-refractivity contribution in [1.29, 1.82) is 0 Å². The largest absolute Gasteiger partial charge is 0.497 e. The minimum Gasteiger partial charge on any atom is -0.497 e. The van der Waals surface area contributed by atoms with E-state index in [1.165, 1.54) is 0 Å². The summed E-state index contributed by atoms with van der Waals surface area (Å²) in [6.07, 6.45) is 0. The lowest BCUT2D eigenvalue weighted by Gasteiger charge is -2.11. The van der Waals surface area contributed by atoms with Crippen LogP contribution in [0.4, 0.5) is 10.5 Å². The van der Waals surface area contributed by atoms with E-state index in [2.05, 4.69) is 10.6 Å². The SMILES string of the molecule is COc1ccc(OCCNC(=O)Nc2cccc3ccccc23)cc1. The van der Waals surface area contributed by atoms with E-state index in [0.29, 0.717) is 13.2 Å². The first-order valence-electron chi connectivity index (χ1n) is 8.06. The molecule has 0 saturated heterocycles. The highest BCUT2D eigenvalue weighted by molar-refractivity contribution is 6.01. The zero-order valence-electron chi connectivity index (χ0n) is 14.0. The van der Waals surface area contributed by atoms with Crippen molar-refractivity contribution in [3.63, 3.8) is 0 Å². The molecular weight excluding hydrogens is 316 g/mol. The topological polar surface area (TPSA) is 59.6 Å². The van der Waals surface area contributed by atoms with Gasteiger partial charge in [0.15, 0.2) is 0 Å². The van der Waals surface area contributed by atoms with Gasteiger partial charge in [-0.15, -0.1) is 0 Å². The van der Waals surface area contributed by atoms with Crippen LogP contribution in [-0.2, 0) is 0 Å². The summed E-state index contributed by atoms with van der Waals surface area (Å²) >= 11 is 0. The van der Waals surface area contributed by atoms with Crippen molar-refractivity contribution in [3.05, 3.63) is 66.7 Å². The van der Waals surface area contributed by atoms with Crippen LogP contribution in [-0.4, -0.2) is 26.3 Å². The molecular formula is C20H20N2O3. The van der Waals surface area contributed by atoms with Gasteiger partial charge in [0.2, 0.25) is 0 Å². The Bertz CT molecular complexity index is 842. The van der Waals surface area contributed by atoms with Gasteiger partial charge in [-0.2, -0.15) is 0 Å². The molecule has 0 aliphatic heterocycles. The van der Waals surface area contributed by atoms with Gasteiger partial charge in [0.25, 0.3) is 0 Å². The van der Waals surface area contributed by atoms with E-state index in [1.54, 1.807) is 7.11 Å². The lowest BCUT2D eigenvalue weighted by Crippen LogP contribution is -2.32. The minimum atomic E-state index is -0.255. The molecule has 0 bridgehead atoms. The molecule has 0 spiro atoms. The molecule has 0 atom stereocenters. The summed E-state index contributed by atoms with van der Waals surface area (Å²) in [4.78, 5) is 12.1. The lowest BCUT2D eigenvalue weighted by molar-refractivity contribution is 0.247. The van der Waals surface area contributed by atoms with Crippen LogP contribution in [0.3, 0.4) is 0 Å². The summed E-state index contributed by atoms with van der Waals surface area (Å²) in [7, 11) is 1.62. The first kappa shape index (κ1) is 16.6. The minimum absolute atomic E-state index is 0.255. The Kier molecular flexibility index (Phi) is 5.36. The Morgan fingerprint density at radius 2 is 1.64 bits per heavy atom. The number of urea groups is 1. The zero-order chi connectivity index (χ0) is 17.5. The van der Waals surface area contributed by atoms with Crippen LogP contribution in [0, 0.1) is 0 Å². The monoisotopic (exact) mass is 336 g/mol. The van der Waals surface area contributed by atoms with E-state index < -0.39 is 0 Å². The Balaban J connectivity index is 1.47. The first-order chi connectivity index (χ1) is 12.3. The van der Waals surface area contributed by atoms with Crippen LogP contribution in [0.5, 0.6) is 11.5 Å². The van der Waals surface area contributed by atoms with Crippen LogP contribution >= 0.6 is 0 Å². The third-order valence-corrected chi connectivity index (χ3v) is 3.75. The predicted octanol–water partition coefficient (Wildman–Crippen LogP) is 4.05. The molecule has 0 aromatic heterocycles. The predicted molar refractivity (Wildman–Crippen MR) is 99.5 cm³/mol. The summed E-state index contributed by atoms with van der Waals surface area (Å²) in [5.74, 6) is 1.51. The molecule has 5 heteroatoms. The molecule has 0 fully saturated rings. The molecule has 2 N–H and O–H groups in total. The molecule has 25 heavy (non-hydrogen) atoms. The highest BCUT2D eigenvalue weighted by Crippen LogP contribution is 2.22. The second kappa shape index (κ2) is 8.06. The number of amides is 2. The van der Waals surface area contributed by atoms with Gasteiger partial charge >= 0.3 is 6.03 Å². The van der Waals surface area contributed by atoms with Crippen molar-refractivity contribution in [2.75, 3.05) is 25.6 Å². The van der Waals surface area contributed by atoms with Crippen LogP contribution < -0.4 is 20.1 Å². The number of fused-ring (bicyclic) bond motifs is 1. The fourth-order valence-electron chi connectivity index (χ4n) is 2.51. The van der Waals surface area contributed by atoms with Gasteiger partial charge in [-0.1, -0.05) is 36.4 Å². The number of methoxy groups -OCH3 is 1. The van der Waals surface area contributed by atoms with Crippen molar-refractivity contribution in [2.24, 2.45) is 0 Å². The molecule has 3 aromatic carbocycles. The molecule has 0 aliphatic carbocycles. The summed E-state index contributed by atoms with van der Waals surface area (Å²) in [5.41, 5.74) is 0.784. The molecule has 0 radical (unpaired) electrons. The van der Waals surface area contributed by atoms with E-state index in [1.807, 2.05) is 66.7 Å². The standard InChI is InChI=1S/C20H20N2O3/c1-24-16-9-11-17(12-10-16)25-14-13-21-20(23)22-19-8-4-6-15-5-2-3-7-18(15)19/h2-12H,13-14H2,1H3,(H2,21,22,23). The van der Waals surface area contributed by atoms with Crippen molar-refractivity contribution in [2.45, 2.75) is 0 Å². The number of hydrogen-bond acceptors (Lipinski definition) is 3. The Hall–Kier alpha value is -3.21. The van der Waals surface area contributed by atoms with E-state index in [9.17, 15) is 4.79 Å². The highest BCUT2D eigenvalue weighted by atomic mass is 16.5. The third-order valence-electron chi connectivity index (χ3n) is 3.75. The fraction of sp³-hybridized carbons (Fsp3) is 0.150. The Labute approximate surface area is 146 Å². The van der Waals surface area contributed by atoms with Gasteiger partial charge in [-0.3, -0.25) is 0 Å². The van der Waals surface area contributed by atoms with Crippen molar-refractivity contribution >= 4 is 22.5 Å². The quantitative estimate of drug-likeness (QED) is 0.668. The molecule has 0 aliphatic rings. The lowest BCUT2D eigenvalue weighted by atomic mass is 10.1.